The van der Waals surface area contributed by atoms with E-state index in [1.807, 2.05) is 19.9 Å². The van der Waals surface area contributed by atoms with Gasteiger partial charge in [0.2, 0.25) is 5.91 Å². The summed E-state index contributed by atoms with van der Waals surface area (Å²) in [6, 6.07) is 26.2. The van der Waals surface area contributed by atoms with Gasteiger partial charge in [0.1, 0.15) is 11.4 Å². The zero-order valence-corrected chi connectivity index (χ0v) is 26.6. The minimum Gasteiger partial charge on any atom is -0.495 e. The predicted octanol–water partition coefficient (Wildman–Crippen LogP) is 8.23. The largest absolute Gasteiger partial charge is 0.495 e. The Balaban J connectivity index is 1.50. The molecule has 4 aromatic rings. The molecule has 0 radical (unpaired) electrons. The third-order valence-corrected chi connectivity index (χ3v) is 8.50. The molecule has 0 saturated heterocycles. The van der Waals surface area contributed by atoms with Crippen LogP contribution in [0.4, 0.5) is 11.4 Å². The standard InChI is InChI=1S/C34H31Cl2N3O4S/c1-4-31(34(42)38-28-17-21(2)27(36)20-30(28)43-3)44-26-12-8-11-25(19-26)37-33(41)29(18-22-13-15-24(35)16-14-22)39-32(40)23-9-6-5-7-10-23/h5-20,31H,4H2,1-3H3,(H,37,41)(H,38,42)(H,39,40)/b29-18-. The minimum atomic E-state index is -0.513. The quantitative estimate of drug-likeness (QED) is 0.113. The molecule has 0 saturated carbocycles. The van der Waals surface area contributed by atoms with Crippen LogP contribution in [0.5, 0.6) is 5.75 Å². The second-order valence-corrected chi connectivity index (χ2v) is 11.8. The number of benzene rings is 4. The fourth-order valence-electron chi connectivity index (χ4n) is 4.14. The van der Waals surface area contributed by atoms with Gasteiger partial charge in [-0.05, 0) is 79.1 Å². The molecule has 0 spiro atoms. The second kappa shape index (κ2) is 15.5. The summed E-state index contributed by atoms with van der Waals surface area (Å²) >= 11 is 13.6. The zero-order chi connectivity index (χ0) is 31.6. The summed E-state index contributed by atoms with van der Waals surface area (Å²) in [6.07, 6.45) is 2.14. The monoisotopic (exact) mass is 647 g/mol. The number of hydrogen-bond acceptors (Lipinski definition) is 5. The van der Waals surface area contributed by atoms with Crippen molar-refractivity contribution in [1.29, 1.82) is 0 Å². The maximum absolute atomic E-state index is 13.5. The summed E-state index contributed by atoms with van der Waals surface area (Å²) in [5, 5.41) is 9.22. The van der Waals surface area contributed by atoms with E-state index in [2.05, 4.69) is 16.0 Å². The van der Waals surface area contributed by atoms with E-state index in [4.69, 9.17) is 27.9 Å². The normalized spacial score (nSPS) is 11.8. The lowest BCUT2D eigenvalue weighted by Crippen LogP contribution is -2.30. The summed E-state index contributed by atoms with van der Waals surface area (Å²) in [4.78, 5) is 40.4. The van der Waals surface area contributed by atoms with Crippen molar-refractivity contribution in [2.45, 2.75) is 30.4 Å². The van der Waals surface area contributed by atoms with Gasteiger partial charge in [0.25, 0.3) is 11.8 Å². The smallest absolute Gasteiger partial charge is 0.272 e. The van der Waals surface area contributed by atoms with Crippen molar-refractivity contribution in [1.82, 2.24) is 5.32 Å². The molecule has 1 atom stereocenters. The number of methoxy groups -OCH3 is 1. The Morgan fingerprint density at radius 1 is 0.909 bits per heavy atom. The summed E-state index contributed by atoms with van der Waals surface area (Å²) in [7, 11) is 1.52. The molecule has 7 nitrogen and oxygen atoms in total. The van der Waals surface area contributed by atoms with Gasteiger partial charge >= 0.3 is 0 Å². The van der Waals surface area contributed by atoms with Crippen LogP contribution in [0.15, 0.2) is 102 Å². The predicted molar refractivity (Wildman–Crippen MR) is 180 cm³/mol. The fourth-order valence-corrected chi connectivity index (χ4v) is 5.44. The van der Waals surface area contributed by atoms with Crippen LogP contribution in [0, 0.1) is 6.92 Å². The van der Waals surface area contributed by atoms with Gasteiger partial charge in [-0.2, -0.15) is 0 Å². The van der Waals surface area contributed by atoms with E-state index in [-0.39, 0.29) is 11.6 Å². The van der Waals surface area contributed by atoms with Crippen molar-refractivity contribution >= 4 is 70.1 Å². The molecular formula is C34H31Cl2N3O4S. The molecule has 44 heavy (non-hydrogen) atoms. The van der Waals surface area contributed by atoms with E-state index in [1.54, 1.807) is 91.0 Å². The molecule has 1 unspecified atom stereocenters. The van der Waals surface area contributed by atoms with Crippen LogP contribution in [-0.2, 0) is 9.59 Å². The first kappa shape index (κ1) is 32.7. The Labute approximate surface area is 271 Å². The summed E-state index contributed by atoms with van der Waals surface area (Å²) in [6.45, 7) is 3.78. The van der Waals surface area contributed by atoms with Gasteiger partial charge in [0, 0.05) is 32.3 Å². The zero-order valence-electron chi connectivity index (χ0n) is 24.3. The summed E-state index contributed by atoms with van der Waals surface area (Å²) in [5.41, 5.74) is 3.00. The van der Waals surface area contributed by atoms with Gasteiger partial charge in [0.05, 0.1) is 18.0 Å². The van der Waals surface area contributed by atoms with E-state index in [0.29, 0.717) is 44.7 Å². The lowest BCUT2D eigenvalue weighted by Gasteiger charge is -2.18. The number of amides is 3. The van der Waals surface area contributed by atoms with E-state index in [9.17, 15) is 14.4 Å². The summed E-state index contributed by atoms with van der Waals surface area (Å²) < 4.78 is 5.39. The van der Waals surface area contributed by atoms with Crippen LogP contribution in [0.3, 0.4) is 0 Å². The molecule has 3 amide bonds. The first-order chi connectivity index (χ1) is 21.2. The number of nitrogens with one attached hydrogen (secondary N) is 3. The maximum Gasteiger partial charge on any atom is 0.272 e. The highest BCUT2D eigenvalue weighted by molar-refractivity contribution is 8.00. The van der Waals surface area contributed by atoms with Gasteiger partial charge in [-0.25, -0.2) is 0 Å². The van der Waals surface area contributed by atoms with Crippen LogP contribution < -0.4 is 20.7 Å². The molecule has 0 aromatic heterocycles. The third-order valence-electron chi connectivity index (χ3n) is 6.48. The van der Waals surface area contributed by atoms with Crippen LogP contribution in [0.1, 0.15) is 34.8 Å². The van der Waals surface area contributed by atoms with Gasteiger partial charge in [-0.3, -0.25) is 14.4 Å². The van der Waals surface area contributed by atoms with Gasteiger partial charge in [-0.15, -0.1) is 11.8 Å². The van der Waals surface area contributed by atoms with Crippen LogP contribution in [0.25, 0.3) is 6.08 Å². The molecule has 0 fully saturated rings. The highest BCUT2D eigenvalue weighted by Gasteiger charge is 2.21. The SMILES string of the molecule is CCC(Sc1cccc(NC(=O)/C(=C/c2ccc(Cl)cc2)NC(=O)c2ccccc2)c1)C(=O)Nc1cc(C)c(Cl)cc1OC. The van der Waals surface area contributed by atoms with E-state index < -0.39 is 17.1 Å². The lowest BCUT2D eigenvalue weighted by molar-refractivity contribution is -0.116. The molecule has 10 heteroatoms. The topological polar surface area (TPSA) is 96.5 Å². The first-order valence-corrected chi connectivity index (χ1v) is 15.4. The number of anilines is 2. The van der Waals surface area contributed by atoms with Gasteiger partial charge < -0.3 is 20.7 Å². The van der Waals surface area contributed by atoms with E-state index in [1.165, 1.54) is 18.9 Å². The Kier molecular flexibility index (Phi) is 11.5. The Morgan fingerprint density at radius 3 is 2.32 bits per heavy atom. The van der Waals surface area contributed by atoms with Gasteiger partial charge in [-0.1, -0.05) is 66.5 Å². The number of rotatable bonds is 11. The minimum absolute atomic E-state index is 0.0530. The molecule has 226 valence electrons. The van der Waals surface area contributed by atoms with E-state index >= 15 is 0 Å². The van der Waals surface area contributed by atoms with E-state index in [0.717, 1.165) is 10.5 Å². The summed E-state index contributed by atoms with van der Waals surface area (Å²) in [5.74, 6) is -0.653. The van der Waals surface area contributed by atoms with Crippen molar-refractivity contribution < 1.29 is 19.1 Å². The number of hydrogen-bond donors (Lipinski definition) is 3. The number of halogens is 2. The number of carbonyl (C=O) groups is 3. The first-order valence-electron chi connectivity index (χ1n) is 13.7. The van der Waals surface area contributed by atoms with Crippen LogP contribution in [0.2, 0.25) is 10.0 Å². The van der Waals surface area contributed by atoms with Crippen molar-refractivity contribution in [3.05, 3.63) is 123 Å². The Hall–Kier alpha value is -4.24. The van der Waals surface area contributed by atoms with Crippen LogP contribution >= 0.6 is 35.0 Å². The van der Waals surface area contributed by atoms with Crippen molar-refractivity contribution in [3.63, 3.8) is 0 Å². The molecule has 0 heterocycles. The van der Waals surface area contributed by atoms with Crippen molar-refractivity contribution in [2.75, 3.05) is 17.7 Å². The average molecular weight is 649 g/mol. The molecule has 0 aliphatic carbocycles. The number of ether oxygens (including phenoxy) is 1. The van der Waals surface area contributed by atoms with Crippen molar-refractivity contribution in [3.8, 4) is 5.75 Å². The Bertz CT molecular complexity index is 1680. The highest BCUT2D eigenvalue weighted by atomic mass is 35.5. The molecule has 3 N–H and O–H groups in total. The third kappa shape index (κ3) is 8.89. The second-order valence-electron chi connectivity index (χ2n) is 9.72. The lowest BCUT2D eigenvalue weighted by atomic mass is 10.1. The van der Waals surface area contributed by atoms with Crippen LogP contribution in [-0.4, -0.2) is 30.1 Å². The van der Waals surface area contributed by atoms with Crippen molar-refractivity contribution in [2.24, 2.45) is 0 Å². The fraction of sp³-hybridized carbons (Fsp3) is 0.147. The number of aryl methyl sites for hydroxylation is 1. The molecule has 0 aliphatic rings. The van der Waals surface area contributed by atoms with Gasteiger partial charge in [0.15, 0.2) is 0 Å². The number of carbonyl (C=O) groups excluding carboxylic acids is 3. The molecule has 0 aliphatic heterocycles. The number of thioether (sulfide) groups is 1. The average Bonchev–Trinajstić information content (AvgIpc) is 3.02. The molecule has 0 bridgehead atoms. The molecular weight excluding hydrogens is 617 g/mol. The highest BCUT2D eigenvalue weighted by Crippen LogP contribution is 2.33. The molecule has 4 aromatic carbocycles. The maximum atomic E-state index is 13.5. The Morgan fingerprint density at radius 2 is 1.64 bits per heavy atom. The molecule has 4 rings (SSSR count).